The van der Waals surface area contributed by atoms with Gasteiger partial charge in [0.05, 0.1) is 5.75 Å². The summed E-state index contributed by atoms with van der Waals surface area (Å²) in [6.07, 6.45) is 0.655. The summed E-state index contributed by atoms with van der Waals surface area (Å²) in [6.45, 7) is -1.59. The van der Waals surface area contributed by atoms with Gasteiger partial charge in [0.2, 0.25) is 5.91 Å². The molecule has 0 aliphatic heterocycles. The SMILES string of the molecule is COCCCn1c(SCC(=O)N(C)Cc2ccc(OC(F)F)cc2)n[nH]c1=O. The Bertz CT molecular complexity index is 810. The van der Waals surface area contributed by atoms with Crippen LogP contribution in [-0.2, 0) is 22.6 Å². The summed E-state index contributed by atoms with van der Waals surface area (Å²) < 4.78 is 35.1. The van der Waals surface area contributed by atoms with Gasteiger partial charge in [-0.1, -0.05) is 23.9 Å². The first kappa shape index (κ1) is 21.9. The van der Waals surface area contributed by atoms with Crippen molar-refractivity contribution in [2.45, 2.75) is 31.3 Å². The number of carbonyl (C=O) groups excluding carboxylic acids is 1. The van der Waals surface area contributed by atoms with Gasteiger partial charge in [0.25, 0.3) is 0 Å². The third kappa shape index (κ3) is 6.64. The van der Waals surface area contributed by atoms with E-state index < -0.39 is 6.61 Å². The number of aromatic nitrogens is 3. The first-order valence-corrected chi connectivity index (χ1v) is 9.44. The lowest BCUT2D eigenvalue weighted by molar-refractivity contribution is -0.127. The summed E-state index contributed by atoms with van der Waals surface area (Å²) in [7, 11) is 3.23. The molecule has 11 heteroatoms. The standard InChI is InChI=1S/C17H22F2N4O4S/c1-22(10-12-4-6-13(7-5-12)27-15(18)19)14(24)11-28-17-21-20-16(25)23(17)8-3-9-26-2/h4-7,15H,3,8-11H2,1-2H3,(H,20,25). The number of benzene rings is 1. The number of aromatic amines is 1. The van der Waals surface area contributed by atoms with Crippen molar-refractivity contribution in [3.05, 3.63) is 40.3 Å². The third-order valence-electron chi connectivity index (χ3n) is 3.77. The molecule has 1 heterocycles. The average molecular weight is 416 g/mol. The molecule has 0 radical (unpaired) electrons. The van der Waals surface area contributed by atoms with E-state index in [9.17, 15) is 18.4 Å². The molecule has 0 aliphatic rings. The predicted octanol–water partition coefficient (Wildman–Crippen LogP) is 1.96. The van der Waals surface area contributed by atoms with Crippen LogP contribution in [0.25, 0.3) is 0 Å². The van der Waals surface area contributed by atoms with Crippen LogP contribution in [-0.4, -0.2) is 58.7 Å². The molecule has 0 spiro atoms. The quantitative estimate of drug-likeness (QED) is 0.445. The van der Waals surface area contributed by atoms with Crippen molar-refractivity contribution in [3.63, 3.8) is 0 Å². The van der Waals surface area contributed by atoms with E-state index in [1.54, 1.807) is 26.3 Å². The Balaban J connectivity index is 1.86. The maximum Gasteiger partial charge on any atom is 0.387 e. The largest absolute Gasteiger partial charge is 0.435 e. The van der Waals surface area contributed by atoms with Crippen molar-refractivity contribution in [1.29, 1.82) is 0 Å². The fourth-order valence-electron chi connectivity index (χ4n) is 2.35. The number of alkyl halides is 2. The summed E-state index contributed by atoms with van der Waals surface area (Å²) in [4.78, 5) is 25.6. The van der Waals surface area contributed by atoms with Gasteiger partial charge in [-0.3, -0.25) is 9.36 Å². The third-order valence-corrected chi connectivity index (χ3v) is 4.73. The Hall–Kier alpha value is -2.40. The number of hydrogen-bond donors (Lipinski definition) is 1. The van der Waals surface area contributed by atoms with Crippen LogP contribution < -0.4 is 10.4 Å². The van der Waals surface area contributed by atoms with E-state index in [1.807, 2.05) is 0 Å². The molecule has 28 heavy (non-hydrogen) atoms. The molecule has 0 saturated carbocycles. The molecule has 0 atom stereocenters. The Morgan fingerprint density at radius 3 is 2.71 bits per heavy atom. The van der Waals surface area contributed by atoms with Gasteiger partial charge in [0, 0.05) is 33.9 Å². The number of nitrogens with zero attached hydrogens (tertiary/aromatic N) is 3. The van der Waals surface area contributed by atoms with E-state index in [-0.39, 0.29) is 23.1 Å². The predicted molar refractivity (Wildman–Crippen MR) is 99.6 cm³/mol. The van der Waals surface area contributed by atoms with Crippen LogP contribution >= 0.6 is 11.8 Å². The van der Waals surface area contributed by atoms with Crippen molar-refractivity contribution in [2.24, 2.45) is 0 Å². The van der Waals surface area contributed by atoms with Crippen molar-refractivity contribution >= 4 is 17.7 Å². The molecule has 2 aromatic rings. The van der Waals surface area contributed by atoms with E-state index in [4.69, 9.17) is 4.74 Å². The first-order valence-electron chi connectivity index (χ1n) is 8.45. The van der Waals surface area contributed by atoms with Gasteiger partial charge < -0.3 is 14.4 Å². The maximum atomic E-state index is 12.3. The molecule has 1 aromatic carbocycles. The molecule has 0 bridgehead atoms. The van der Waals surface area contributed by atoms with Gasteiger partial charge >= 0.3 is 12.3 Å². The molecular formula is C17H22F2N4O4S. The highest BCUT2D eigenvalue weighted by Crippen LogP contribution is 2.17. The smallest absolute Gasteiger partial charge is 0.387 e. The van der Waals surface area contributed by atoms with Crippen LogP contribution in [0.15, 0.2) is 34.2 Å². The number of hydrogen-bond acceptors (Lipinski definition) is 6. The minimum absolute atomic E-state index is 0.0632. The molecule has 8 nitrogen and oxygen atoms in total. The minimum atomic E-state index is -2.87. The van der Waals surface area contributed by atoms with Crippen LogP contribution in [0, 0.1) is 0 Å². The van der Waals surface area contributed by atoms with E-state index in [1.165, 1.54) is 33.4 Å². The highest BCUT2D eigenvalue weighted by molar-refractivity contribution is 7.99. The number of amides is 1. The van der Waals surface area contributed by atoms with Gasteiger partial charge in [-0.2, -0.15) is 8.78 Å². The second-order valence-corrected chi connectivity index (χ2v) is 6.81. The number of rotatable bonds is 11. The molecule has 2 rings (SSSR count). The van der Waals surface area contributed by atoms with E-state index in [0.717, 1.165) is 5.56 Å². The Morgan fingerprint density at radius 1 is 1.36 bits per heavy atom. The fraction of sp³-hybridized carbons (Fsp3) is 0.471. The van der Waals surface area contributed by atoms with Gasteiger partial charge in [-0.15, -0.1) is 5.10 Å². The van der Waals surface area contributed by atoms with E-state index >= 15 is 0 Å². The zero-order chi connectivity index (χ0) is 20.5. The molecule has 0 fully saturated rings. The minimum Gasteiger partial charge on any atom is -0.435 e. The average Bonchev–Trinajstić information content (AvgIpc) is 3.01. The fourth-order valence-corrected chi connectivity index (χ4v) is 3.27. The molecule has 1 amide bonds. The van der Waals surface area contributed by atoms with Crippen LogP contribution in [0.3, 0.4) is 0 Å². The van der Waals surface area contributed by atoms with Gasteiger partial charge in [0.15, 0.2) is 5.16 Å². The normalized spacial score (nSPS) is 11.0. The lowest BCUT2D eigenvalue weighted by Crippen LogP contribution is -2.28. The van der Waals surface area contributed by atoms with Crippen molar-refractivity contribution < 1.29 is 23.0 Å². The molecule has 0 aliphatic carbocycles. The number of nitrogens with one attached hydrogen (secondary N) is 1. The van der Waals surface area contributed by atoms with Crippen molar-refractivity contribution in [3.8, 4) is 5.75 Å². The lowest BCUT2D eigenvalue weighted by Gasteiger charge is -2.17. The van der Waals surface area contributed by atoms with Crippen LogP contribution in [0.4, 0.5) is 8.78 Å². The topological polar surface area (TPSA) is 89.4 Å². The Kier molecular flexibility index (Phi) is 8.45. The van der Waals surface area contributed by atoms with Crippen LogP contribution in [0.5, 0.6) is 5.75 Å². The monoisotopic (exact) mass is 416 g/mol. The first-order chi connectivity index (χ1) is 13.4. The second kappa shape index (κ2) is 10.8. The van der Waals surface area contributed by atoms with Gasteiger partial charge in [0.1, 0.15) is 5.75 Å². The molecule has 154 valence electrons. The van der Waals surface area contributed by atoms with Crippen molar-refractivity contribution in [1.82, 2.24) is 19.7 Å². The number of ether oxygens (including phenoxy) is 2. The van der Waals surface area contributed by atoms with E-state index in [0.29, 0.717) is 31.3 Å². The van der Waals surface area contributed by atoms with Crippen molar-refractivity contribution in [2.75, 3.05) is 26.5 Å². The highest BCUT2D eigenvalue weighted by atomic mass is 32.2. The molecular weight excluding hydrogens is 394 g/mol. The van der Waals surface area contributed by atoms with Gasteiger partial charge in [-0.05, 0) is 24.1 Å². The zero-order valence-electron chi connectivity index (χ0n) is 15.6. The summed E-state index contributed by atoms with van der Waals surface area (Å²) >= 11 is 1.17. The van der Waals surface area contributed by atoms with E-state index in [2.05, 4.69) is 14.9 Å². The summed E-state index contributed by atoms with van der Waals surface area (Å²) in [5.41, 5.74) is 0.448. The molecule has 0 saturated heterocycles. The summed E-state index contributed by atoms with van der Waals surface area (Å²) in [5.74, 6) is 0.0162. The Labute approximate surface area is 164 Å². The summed E-state index contributed by atoms with van der Waals surface area (Å²) in [5, 5.41) is 6.77. The number of thioether (sulfide) groups is 1. The second-order valence-electron chi connectivity index (χ2n) is 5.87. The zero-order valence-corrected chi connectivity index (χ0v) is 16.4. The molecule has 1 N–H and O–H groups in total. The highest BCUT2D eigenvalue weighted by Gasteiger charge is 2.14. The van der Waals surface area contributed by atoms with Crippen LogP contribution in [0.2, 0.25) is 0 Å². The maximum absolute atomic E-state index is 12.3. The Morgan fingerprint density at radius 2 is 2.07 bits per heavy atom. The molecule has 0 unspecified atom stereocenters. The summed E-state index contributed by atoms with van der Waals surface area (Å²) in [6, 6.07) is 6.10. The number of carbonyl (C=O) groups is 1. The molecule has 1 aromatic heterocycles. The number of methoxy groups -OCH3 is 1. The van der Waals surface area contributed by atoms with Crippen LogP contribution in [0.1, 0.15) is 12.0 Å². The lowest BCUT2D eigenvalue weighted by atomic mass is 10.2. The number of H-pyrrole nitrogens is 1. The number of halogens is 2. The van der Waals surface area contributed by atoms with Gasteiger partial charge in [-0.25, -0.2) is 9.89 Å².